The molecule has 0 aromatic rings. The van der Waals surface area contributed by atoms with Gasteiger partial charge in [0.1, 0.15) is 13.2 Å². The minimum Gasteiger partial charge on any atom is -0.382 e. The lowest BCUT2D eigenvalue weighted by Gasteiger charge is -2.22. The molecule has 0 aromatic heterocycles. The molecule has 8 heteroatoms. The average Bonchev–Trinajstić information content (AvgIpc) is 2.81. The number of ether oxygens (including phenoxy) is 4. The largest absolute Gasteiger partial charge is 0.382 e. The quantitative estimate of drug-likeness (QED) is 0.496. The summed E-state index contributed by atoms with van der Waals surface area (Å²) >= 11 is 0. The number of amides is 2. The number of hydrogen-bond donors (Lipinski definition) is 0. The Morgan fingerprint density at radius 1 is 0.739 bits per heavy atom. The molecule has 1 saturated heterocycles. The highest BCUT2D eigenvalue weighted by Gasteiger charge is 2.21. The number of rotatable bonds is 10. The fourth-order valence-electron chi connectivity index (χ4n) is 2.20. The van der Waals surface area contributed by atoms with Gasteiger partial charge in [-0.05, 0) is 6.42 Å². The number of carbonyl (C=O) groups excluding carboxylic acids is 2. The Hall–Kier alpha value is -1.22. The van der Waals surface area contributed by atoms with Gasteiger partial charge in [0, 0.05) is 40.4 Å². The zero-order valence-corrected chi connectivity index (χ0v) is 14.1. The summed E-state index contributed by atoms with van der Waals surface area (Å²) in [6, 6.07) is 0. The third-order valence-electron chi connectivity index (χ3n) is 3.52. The maximum absolute atomic E-state index is 12.1. The van der Waals surface area contributed by atoms with E-state index in [1.54, 1.807) is 24.0 Å². The Morgan fingerprint density at radius 2 is 1.17 bits per heavy atom. The van der Waals surface area contributed by atoms with E-state index in [-0.39, 0.29) is 25.0 Å². The van der Waals surface area contributed by atoms with Crippen LogP contribution in [0.4, 0.5) is 0 Å². The van der Waals surface area contributed by atoms with Crippen molar-refractivity contribution in [2.75, 3.05) is 80.0 Å². The molecule has 1 aliphatic heterocycles. The van der Waals surface area contributed by atoms with Crippen LogP contribution in [0.25, 0.3) is 0 Å². The summed E-state index contributed by atoms with van der Waals surface area (Å²) in [7, 11) is 3.18. The van der Waals surface area contributed by atoms with Crippen molar-refractivity contribution in [1.82, 2.24) is 9.80 Å². The second-order valence-electron chi connectivity index (χ2n) is 5.21. The number of nitrogens with zero attached hydrogens (tertiary/aromatic N) is 2. The summed E-state index contributed by atoms with van der Waals surface area (Å²) in [5, 5.41) is 0. The molecule has 8 nitrogen and oxygen atoms in total. The number of methoxy groups -OCH3 is 2. The Bertz CT molecular complexity index is 321. The van der Waals surface area contributed by atoms with Gasteiger partial charge in [-0.1, -0.05) is 0 Å². The normalized spacial score (nSPS) is 15.6. The molecule has 0 aromatic carbocycles. The zero-order chi connectivity index (χ0) is 16.9. The first-order chi connectivity index (χ1) is 11.2. The highest BCUT2D eigenvalue weighted by molar-refractivity contribution is 5.79. The van der Waals surface area contributed by atoms with Gasteiger partial charge in [0.2, 0.25) is 11.8 Å². The minimum atomic E-state index is -0.0493. The van der Waals surface area contributed by atoms with Crippen molar-refractivity contribution >= 4 is 11.8 Å². The van der Waals surface area contributed by atoms with Crippen LogP contribution < -0.4 is 0 Å². The maximum atomic E-state index is 12.1. The topological polar surface area (TPSA) is 77.5 Å². The Labute approximate surface area is 137 Å². The van der Waals surface area contributed by atoms with Crippen molar-refractivity contribution in [3.8, 4) is 0 Å². The van der Waals surface area contributed by atoms with Crippen molar-refractivity contribution in [1.29, 1.82) is 0 Å². The van der Waals surface area contributed by atoms with Gasteiger partial charge >= 0.3 is 0 Å². The minimum absolute atomic E-state index is 0.0493. The Balaban J connectivity index is 2.26. The number of hydrogen-bond acceptors (Lipinski definition) is 6. The Kier molecular flexibility index (Phi) is 10.5. The molecule has 0 saturated carbocycles. The highest BCUT2D eigenvalue weighted by Crippen LogP contribution is 2.04. The fraction of sp³-hybridized carbons (Fsp3) is 0.867. The second kappa shape index (κ2) is 12.2. The summed E-state index contributed by atoms with van der Waals surface area (Å²) in [5.74, 6) is -0.0986. The van der Waals surface area contributed by atoms with Gasteiger partial charge in [-0.25, -0.2) is 0 Å². The lowest BCUT2D eigenvalue weighted by molar-refractivity contribution is -0.138. The van der Waals surface area contributed by atoms with Crippen LogP contribution in [0.15, 0.2) is 0 Å². The highest BCUT2D eigenvalue weighted by atomic mass is 16.5. The molecule has 1 rings (SSSR count). The molecular weight excluding hydrogens is 304 g/mol. The fourth-order valence-corrected chi connectivity index (χ4v) is 2.20. The van der Waals surface area contributed by atoms with Crippen molar-refractivity contribution in [3.05, 3.63) is 0 Å². The molecule has 0 aliphatic carbocycles. The van der Waals surface area contributed by atoms with Crippen molar-refractivity contribution < 1.29 is 28.5 Å². The third-order valence-corrected chi connectivity index (χ3v) is 3.52. The summed E-state index contributed by atoms with van der Waals surface area (Å²) in [6.45, 7) is 4.18. The van der Waals surface area contributed by atoms with E-state index in [9.17, 15) is 9.59 Å². The molecule has 1 aliphatic rings. The Morgan fingerprint density at radius 3 is 1.57 bits per heavy atom. The molecule has 23 heavy (non-hydrogen) atoms. The predicted octanol–water partition coefficient (Wildman–Crippen LogP) is -0.627. The first-order valence-corrected chi connectivity index (χ1v) is 7.88. The SMILES string of the molecule is COCCOCC(=O)N1CCCN(C(=O)COCCOC)CC1. The van der Waals surface area contributed by atoms with Gasteiger partial charge < -0.3 is 28.7 Å². The lowest BCUT2D eigenvalue weighted by atomic mass is 10.3. The van der Waals surface area contributed by atoms with Gasteiger partial charge in [-0.15, -0.1) is 0 Å². The summed E-state index contributed by atoms with van der Waals surface area (Å²) in [6.07, 6.45) is 0.758. The lowest BCUT2D eigenvalue weighted by Crippen LogP contribution is -2.40. The van der Waals surface area contributed by atoms with E-state index in [2.05, 4.69) is 0 Å². The predicted molar refractivity (Wildman–Crippen MR) is 83.2 cm³/mol. The third kappa shape index (κ3) is 8.26. The van der Waals surface area contributed by atoms with E-state index in [4.69, 9.17) is 18.9 Å². The molecule has 1 fully saturated rings. The molecular formula is C15H28N2O6. The van der Waals surface area contributed by atoms with Crippen LogP contribution in [0.3, 0.4) is 0 Å². The van der Waals surface area contributed by atoms with Crippen LogP contribution in [0.5, 0.6) is 0 Å². The van der Waals surface area contributed by atoms with Crippen LogP contribution in [0, 0.1) is 0 Å². The van der Waals surface area contributed by atoms with E-state index in [0.717, 1.165) is 6.42 Å². The molecule has 134 valence electrons. The zero-order valence-electron chi connectivity index (χ0n) is 14.1. The maximum Gasteiger partial charge on any atom is 0.248 e. The summed E-state index contributed by atoms with van der Waals surface area (Å²) in [5.41, 5.74) is 0. The van der Waals surface area contributed by atoms with E-state index in [1.165, 1.54) is 0 Å². The first kappa shape index (κ1) is 19.8. The van der Waals surface area contributed by atoms with Gasteiger partial charge in [-0.3, -0.25) is 9.59 Å². The molecule has 0 N–H and O–H groups in total. The van der Waals surface area contributed by atoms with Gasteiger partial charge in [-0.2, -0.15) is 0 Å². The van der Waals surface area contributed by atoms with Gasteiger partial charge in [0.15, 0.2) is 0 Å². The molecule has 0 radical (unpaired) electrons. The standard InChI is InChI=1S/C15H28N2O6/c1-20-8-10-22-12-14(18)16-4-3-5-17(7-6-16)15(19)13-23-11-9-21-2/h3-13H2,1-2H3. The average molecular weight is 332 g/mol. The molecule has 2 amide bonds. The molecule has 0 atom stereocenters. The van der Waals surface area contributed by atoms with E-state index in [1.807, 2.05) is 0 Å². The van der Waals surface area contributed by atoms with E-state index in [0.29, 0.717) is 52.6 Å². The van der Waals surface area contributed by atoms with E-state index >= 15 is 0 Å². The first-order valence-electron chi connectivity index (χ1n) is 7.88. The van der Waals surface area contributed by atoms with Crippen LogP contribution in [0.1, 0.15) is 6.42 Å². The molecule has 1 heterocycles. The smallest absolute Gasteiger partial charge is 0.248 e. The molecule has 0 bridgehead atoms. The van der Waals surface area contributed by atoms with Crippen molar-refractivity contribution in [2.24, 2.45) is 0 Å². The van der Waals surface area contributed by atoms with E-state index < -0.39 is 0 Å². The molecule has 0 spiro atoms. The summed E-state index contributed by atoms with van der Waals surface area (Å²) < 4.78 is 20.2. The van der Waals surface area contributed by atoms with Crippen LogP contribution in [-0.4, -0.2) is 102 Å². The van der Waals surface area contributed by atoms with Crippen LogP contribution in [0.2, 0.25) is 0 Å². The van der Waals surface area contributed by atoms with Crippen molar-refractivity contribution in [2.45, 2.75) is 6.42 Å². The summed E-state index contributed by atoms with van der Waals surface area (Å²) in [4.78, 5) is 27.6. The van der Waals surface area contributed by atoms with Crippen molar-refractivity contribution in [3.63, 3.8) is 0 Å². The molecule has 0 unspecified atom stereocenters. The van der Waals surface area contributed by atoms with Gasteiger partial charge in [0.25, 0.3) is 0 Å². The monoisotopic (exact) mass is 332 g/mol. The number of carbonyl (C=O) groups is 2. The van der Waals surface area contributed by atoms with Gasteiger partial charge in [0.05, 0.1) is 26.4 Å². The van der Waals surface area contributed by atoms with Crippen LogP contribution in [-0.2, 0) is 28.5 Å². The second-order valence-corrected chi connectivity index (χ2v) is 5.21. The van der Waals surface area contributed by atoms with Crippen LogP contribution >= 0.6 is 0 Å².